The molecule has 0 saturated heterocycles. The van der Waals surface area contributed by atoms with Crippen LogP contribution in [0, 0.1) is 0 Å². The number of hydrogen-bond acceptors (Lipinski definition) is 3. The zero-order chi connectivity index (χ0) is 15.9. The van der Waals surface area contributed by atoms with Crippen molar-refractivity contribution < 1.29 is 4.74 Å². The van der Waals surface area contributed by atoms with Gasteiger partial charge in [-0.3, -0.25) is 0 Å². The number of unbranched alkanes of at least 4 members (excludes halogenated alkanes) is 6. The van der Waals surface area contributed by atoms with Gasteiger partial charge >= 0.3 is 0 Å². The molecule has 22 heavy (non-hydrogen) atoms. The van der Waals surface area contributed by atoms with E-state index in [1.165, 1.54) is 57.1 Å². The first-order valence-corrected chi connectivity index (χ1v) is 10.1. The molecule has 1 aromatic heterocycles. The second-order valence-corrected chi connectivity index (χ2v) is 7.36. The molecule has 128 valence electrons. The molecule has 1 unspecified atom stereocenters. The molecule has 0 saturated carbocycles. The molecule has 0 N–H and O–H groups in total. The molecule has 1 rings (SSSR count). The minimum Gasteiger partial charge on any atom is -0.380 e. The Bertz CT molecular complexity index is 330. The first-order valence-electron chi connectivity index (χ1n) is 9.01. The van der Waals surface area contributed by atoms with E-state index in [4.69, 9.17) is 4.74 Å². The summed E-state index contributed by atoms with van der Waals surface area (Å²) in [6, 6.07) is 0. The van der Waals surface area contributed by atoms with Crippen molar-refractivity contribution in [3.8, 4) is 0 Å². The summed E-state index contributed by atoms with van der Waals surface area (Å²) in [7, 11) is 0. The first-order chi connectivity index (χ1) is 10.9. The predicted molar refractivity (Wildman–Crippen MR) is 97.6 cm³/mol. The van der Waals surface area contributed by atoms with Crippen LogP contribution in [-0.4, -0.2) is 33.8 Å². The minimum atomic E-state index is 0.543. The monoisotopic (exact) mass is 326 g/mol. The highest BCUT2D eigenvalue weighted by Crippen LogP contribution is 2.17. The lowest BCUT2D eigenvalue weighted by molar-refractivity contribution is 0.129. The maximum absolute atomic E-state index is 5.84. The average molecular weight is 327 g/mol. The number of imidazole rings is 1. The van der Waals surface area contributed by atoms with Crippen LogP contribution in [0.3, 0.4) is 0 Å². The van der Waals surface area contributed by atoms with Crippen LogP contribution in [0.5, 0.6) is 0 Å². The van der Waals surface area contributed by atoms with Gasteiger partial charge in [-0.1, -0.05) is 52.4 Å². The number of rotatable bonds is 15. The van der Waals surface area contributed by atoms with E-state index in [2.05, 4.69) is 35.2 Å². The Kier molecular flexibility index (Phi) is 12.6. The molecule has 4 heteroatoms. The third-order valence-electron chi connectivity index (χ3n) is 3.77. The zero-order valence-corrected chi connectivity index (χ0v) is 15.3. The van der Waals surface area contributed by atoms with Crippen LogP contribution in [-0.2, 0) is 11.3 Å². The quantitative estimate of drug-likeness (QED) is 0.416. The molecule has 0 aromatic carbocycles. The number of ether oxygens (including phenoxy) is 1. The van der Waals surface area contributed by atoms with E-state index in [0.29, 0.717) is 5.25 Å². The van der Waals surface area contributed by atoms with Gasteiger partial charge in [0.1, 0.15) is 0 Å². The van der Waals surface area contributed by atoms with Crippen molar-refractivity contribution in [2.75, 3.05) is 19.0 Å². The van der Waals surface area contributed by atoms with Crippen molar-refractivity contribution >= 4 is 11.8 Å². The Morgan fingerprint density at radius 1 is 1.05 bits per heavy atom. The Labute approximate surface area is 141 Å². The van der Waals surface area contributed by atoms with Crippen LogP contribution >= 0.6 is 11.8 Å². The fraction of sp³-hybridized carbons (Fsp3) is 0.833. The summed E-state index contributed by atoms with van der Waals surface area (Å²) >= 11 is 2.07. The van der Waals surface area contributed by atoms with E-state index in [-0.39, 0.29) is 0 Å². The standard InChI is InChI=1S/C18H34N2OS/c1-3-5-7-8-9-10-14-22-18(16-21-13-6-4-2)15-20-12-11-19-17-20/h11-12,17-18H,3-10,13-16H2,1-2H3. The highest BCUT2D eigenvalue weighted by atomic mass is 32.2. The van der Waals surface area contributed by atoms with Gasteiger partial charge in [0.25, 0.3) is 0 Å². The summed E-state index contributed by atoms with van der Waals surface area (Å²) in [4.78, 5) is 4.14. The van der Waals surface area contributed by atoms with E-state index in [0.717, 1.165) is 19.8 Å². The van der Waals surface area contributed by atoms with E-state index in [1.54, 1.807) is 0 Å². The van der Waals surface area contributed by atoms with E-state index in [9.17, 15) is 0 Å². The SMILES string of the molecule is CCCCCCCCSC(COCCCC)Cn1ccnc1. The van der Waals surface area contributed by atoms with Crippen molar-refractivity contribution in [1.82, 2.24) is 9.55 Å². The van der Waals surface area contributed by atoms with Gasteiger partial charge in [0.2, 0.25) is 0 Å². The van der Waals surface area contributed by atoms with Gasteiger partial charge < -0.3 is 9.30 Å². The summed E-state index contributed by atoms with van der Waals surface area (Å²) in [5.74, 6) is 1.25. The maximum Gasteiger partial charge on any atom is 0.0946 e. The number of nitrogens with zero attached hydrogens (tertiary/aromatic N) is 2. The molecule has 0 aliphatic heterocycles. The topological polar surface area (TPSA) is 27.1 Å². The van der Waals surface area contributed by atoms with Gasteiger partial charge in [-0.15, -0.1) is 0 Å². The van der Waals surface area contributed by atoms with Gasteiger partial charge in [-0.2, -0.15) is 11.8 Å². The summed E-state index contributed by atoms with van der Waals surface area (Å²) in [6.45, 7) is 7.24. The molecule has 3 nitrogen and oxygen atoms in total. The van der Waals surface area contributed by atoms with Crippen molar-refractivity contribution in [3.05, 3.63) is 18.7 Å². The summed E-state index contributed by atoms with van der Waals surface area (Å²) in [5, 5.41) is 0.543. The van der Waals surface area contributed by atoms with E-state index in [1.807, 2.05) is 18.7 Å². The highest BCUT2D eigenvalue weighted by molar-refractivity contribution is 7.99. The zero-order valence-electron chi connectivity index (χ0n) is 14.5. The normalized spacial score (nSPS) is 12.6. The number of hydrogen-bond donors (Lipinski definition) is 0. The Hall–Kier alpha value is -0.480. The van der Waals surface area contributed by atoms with Crippen LogP contribution in [0.25, 0.3) is 0 Å². The lowest BCUT2D eigenvalue weighted by Crippen LogP contribution is -2.19. The number of aromatic nitrogens is 2. The van der Waals surface area contributed by atoms with Crippen LogP contribution in [0.2, 0.25) is 0 Å². The van der Waals surface area contributed by atoms with E-state index < -0.39 is 0 Å². The average Bonchev–Trinajstić information content (AvgIpc) is 3.03. The smallest absolute Gasteiger partial charge is 0.0946 e. The molecule has 1 heterocycles. The largest absolute Gasteiger partial charge is 0.380 e. The third kappa shape index (κ3) is 10.3. The van der Waals surface area contributed by atoms with Crippen LogP contribution in [0.1, 0.15) is 65.2 Å². The van der Waals surface area contributed by atoms with Gasteiger partial charge in [0, 0.05) is 30.8 Å². The second-order valence-electron chi connectivity index (χ2n) is 5.95. The lowest BCUT2D eigenvalue weighted by Gasteiger charge is -2.17. The minimum absolute atomic E-state index is 0.543. The van der Waals surface area contributed by atoms with Crippen LogP contribution in [0.15, 0.2) is 18.7 Å². The van der Waals surface area contributed by atoms with Gasteiger partial charge in [-0.25, -0.2) is 4.98 Å². The van der Waals surface area contributed by atoms with E-state index >= 15 is 0 Å². The molecule has 0 radical (unpaired) electrons. The lowest BCUT2D eigenvalue weighted by atomic mass is 10.1. The molecule has 0 aliphatic rings. The maximum atomic E-state index is 5.84. The fourth-order valence-electron chi connectivity index (χ4n) is 2.38. The van der Waals surface area contributed by atoms with Gasteiger partial charge in [0.15, 0.2) is 0 Å². The molecular formula is C18H34N2OS. The fourth-order valence-corrected chi connectivity index (χ4v) is 3.55. The van der Waals surface area contributed by atoms with Crippen molar-refractivity contribution in [3.63, 3.8) is 0 Å². The first kappa shape index (κ1) is 19.6. The van der Waals surface area contributed by atoms with Crippen molar-refractivity contribution in [2.45, 2.75) is 77.0 Å². The third-order valence-corrected chi connectivity index (χ3v) is 5.05. The summed E-state index contributed by atoms with van der Waals surface area (Å²) in [5.41, 5.74) is 0. The highest BCUT2D eigenvalue weighted by Gasteiger charge is 2.10. The van der Waals surface area contributed by atoms with Crippen molar-refractivity contribution in [1.29, 1.82) is 0 Å². The molecular weight excluding hydrogens is 292 g/mol. The van der Waals surface area contributed by atoms with Gasteiger partial charge in [0.05, 0.1) is 12.9 Å². The second kappa shape index (κ2) is 14.1. The molecule has 0 fully saturated rings. The van der Waals surface area contributed by atoms with Gasteiger partial charge in [-0.05, 0) is 18.6 Å². The Balaban J connectivity index is 2.16. The summed E-state index contributed by atoms with van der Waals surface area (Å²) in [6.07, 6.45) is 16.4. The van der Waals surface area contributed by atoms with Crippen molar-refractivity contribution in [2.24, 2.45) is 0 Å². The molecule has 1 atom stereocenters. The summed E-state index contributed by atoms with van der Waals surface area (Å²) < 4.78 is 8.01. The molecule has 0 bridgehead atoms. The molecule has 0 aliphatic carbocycles. The van der Waals surface area contributed by atoms with Crippen LogP contribution < -0.4 is 0 Å². The molecule has 1 aromatic rings. The molecule has 0 spiro atoms. The predicted octanol–water partition coefficient (Wildman–Crippen LogP) is 5.16. The Morgan fingerprint density at radius 3 is 2.55 bits per heavy atom. The number of thioether (sulfide) groups is 1. The van der Waals surface area contributed by atoms with Crippen LogP contribution in [0.4, 0.5) is 0 Å². The Morgan fingerprint density at radius 2 is 1.82 bits per heavy atom. The molecule has 0 amide bonds.